The van der Waals surface area contributed by atoms with Crippen LogP contribution in [0.15, 0.2) is 0 Å². The molecule has 2 N–H and O–H groups in total. The Morgan fingerprint density at radius 2 is 1.12 bits per heavy atom. The topological polar surface area (TPSA) is 50.4 Å². The molecule has 24 heavy (non-hydrogen) atoms. The van der Waals surface area contributed by atoms with Crippen molar-refractivity contribution in [3.05, 3.63) is 0 Å². The molecule has 4 heteroatoms. The monoisotopic (exact) mass is 342 g/mol. The van der Waals surface area contributed by atoms with E-state index >= 15 is 0 Å². The van der Waals surface area contributed by atoms with Crippen LogP contribution in [0.5, 0.6) is 0 Å². The van der Waals surface area contributed by atoms with Gasteiger partial charge in [-0.3, -0.25) is 4.79 Å². The summed E-state index contributed by atoms with van der Waals surface area (Å²) in [7, 11) is 0. The van der Waals surface area contributed by atoms with Crippen LogP contribution in [0, 0.1) is 0 Å². The van der Waals surface area contributed by atoms with Crippen molar-refractivity contribution in [2.45, 2.75) is 117 Å². The summed E-state index contributed by atoms with van der Waals surface area (Å²) in [4.78, 5) is 16.5. The van der Waals surface area contributed by atoms with Gasteiger partial charge in [0.15, 0.2) is 0 Å². The molecule has 0 aliphatic rings. The Labute approximate surface area is 150 Å². The van der Waals surface area contributed by atoms with Crippen LogP contribution < -0.4 is 11.0 Å². The van der Waals surface area contributed by atoms with Gasteiger partial charge in [0, 0.05) is 13.0 Å². The number of hydrogen-bond acceptors (Lipinski definition) is 4. The Bertz CT molecular complexity index is 260. The molecule has 0 radical (unpaired) electrons. The molecule has 0 spiro atoms. The fourth-order valence-electron chi connectivity index (χ4n) is 2.77. The number of carbonyl (C=O) groups is 1. The van der Waals surface area contributed by atoms with E-state index in [4.69, 9.17) is 4.84 Å². The average molecular weight is 343 g/mol. The number of nitrogens with one attached hydrogen (secondary N) is 2. The lowest BCUT2D eigenvalue weighted by Gasteiger charge is -2.07. The average Bonchev–Trinajstić information content (AvgIpc) is 2.59. The number of hydrazine groups is 1. The number of rotatable bonds is 19. The minimum atomic E-state index is -0.160. The standard InChI is InChI=1S/C20H42N2O2/c1-3-5-7-9-11-13-15-17-19-21-22-24-20(23)18-16-14-12-10-8-6-4-2/h21-22H,3-19H2,1-2H3. The summed E-state index contributed by atoms with van der Waals surface area (Å²) in [6.45, 7) is 5.32. The van der Waals surface area contributed by atoms with Crippen LogP contribution in [0.25, 0.3) is 0 Å². The molecule has 0 amide bonds. The summed E-state index contributed by atoms with van der Waals surface area (Å²) < 4.78 is 0. The molecule has 0 aliphatic heterocycles. The smallest absolute Gasteiger partial charge is 0.326 e. The van der Waals surface area contributed by atoms with Crippen molar-refractivity contribution in [2.75, 3.05) is 6.54 Å². The van der Waals surface area contributed by atoms with Gasteiger partial charge in [0.2, 0.25) is 0 Å². The first-order valence-electron chi connectivity index (χ1n) is 10.5. The van der Waals surface area contributed by atoms with E-state index in [1.165, 1.54) is 77.0 Å². The van der Waals surface area contributed by atoms with Crippen LogP contribution in [-0.4, -0.2) is 12.5 Å². The summed E-state index contributed by atoms with van der Waals surface area (Å²) in [5, 5.41) is 0. The van der Waals surface area contributed by atoms with Gasteiger partial charge < -0.3 is 4.84 Å². The molecular weight excluding hydrogens is 300 g/mol. The van der Waals surface area contributed by atoms with Crippen molar-refractivity contribution >= 4 is 5.97 Å². The van der Waals surface area contributed by atoms with E-state index in [1.807, 2.05) is 0 Å². The van der Waals surface area contributed by atoms with Gasteiger partial charge in [-0.05, 0) is 12.8 Å². The summed E-state index contributed by atoms with van der Waals surface area (Å²) in [6.07, 6.45) is 19.5. The molecule has 0 heterocycles. The maximum Gasteiger partial charge on any atom is 0.326 e. The maximum atomic E-state index is 11.5. The predicted molar refractivity (Wildman–Crippen MR) is 102 cm³/mol. The normalized spacial score (nSPS) is 10.9. The molecule has 0 rings (SSSR count). The fourth-order valence-corrected chi connectivity index (χ4v) is 2.77. The molecule has 0 saturated heterocycles. The van der Waals surface area contributed by atoms with Crippen LogP contribution in [-0.2, 0) is 9.63 Å². The van der Waals surface area contributed by atoms with E-state index < -0.39 is 0 Å². The van der Waals surface area contributed by atoms with Crippen molar-refractivity contribution in [1.82, 2.24) is 11.0 Å². The second kappa shape index (κ2) is 20.4. The Balaban J connectivity index is 3.12. The van der Waals surface area contributed by atoms with Crippen molar-refractivity contribution in [2.24, 2.45) is 0 Å². The molecule has 0 fully saturated rings. The Morgan fingerprint density at radius 3 is 1.67 bits per heavy atom. The molecule has 0 bridgehead atoms. The van der Waals surface area contributed by atoms with E-state index in [9.17, 15) is 4.79 Å². The van der Waals surface area contributed by atoms with Crippen LogP contribution in [0.1, 0.15) is 117 Å². The highest BCUT2D eigenvalue weighted by Gasteiger charge is 2.02. The number of carbonyl (C=O) groups excluding carboxylic acids is 1. The zero-order valence-electron chi connectivity index (χ0n) is 16.3. The molecular formula is C20H42N2O2. The molecule has 0 saturated carbocycles. The van der Waals surface area contributed by atoms with Gasteiger partial charge in [-0.15, -0.1) is 0 Å². The lowest BCUT2D eigenvalue weighted by molar-refractivity contribution is -0.153. The summed E-state index contributed by atoms with van der Waals surface area (Å²) in [5.74, 6) is -0.160. The summed E-state index contributed by atoms with van der Waals surface area (Å²) in [5.41, 5.74) is 5.53. The third kappa shape index (κ3) is 19.4. The van der Waals surface area contributed by atoms with Gasteiger partial charge in [0.25, 0.3) is 0 Å². The first-order chi connectivity index (χ1) is 11.8. The summed E-state index contributed by atoms with van der Waals surface area (Å²) in [6, 6.07) is 0. The molecule has 0 aromatic rings. The maximum absolute atomic E-state index is 11.5. The highest BCUT2D eigenvalue weighted by atomic mass is 16.7. The quantitative estimate of drug-likeness (QED) is 0.229. The Hall–Kier alpha value is -0.610. The van der Waals surface area contributed by atoms with E-state index in [-0.39, 0.29) is 5.97 Å². The zero-order valence-corrected chi connectivity index (χ0v) is 16.3. The van der Waals surface area contributed by atoms with Gasteiger partial charge in [0.1, 0.15) is 0 Å². The third-order valence-electron chi connectivity index (χ3n) is 4.38. The van der Waals surface area contributed by atoms with Gasteiger partial charge in [-0.25, -0.2) is 5.43 Å². The Morgan fingerprint density at radius 1 is 0.667 bits per heavy atom. The third-order valence-corrected chi connectivity index (χ3v) is 4.38. The van der Waals surface area contributed by atoms with Crippen molar-refractivity contribution in [3.8, 4) is 0 Å². The fraction of sp³-hybridized carbons (Fsp3) is 0.950. The van der Waals surface area contributed by atoms with Crippen LogP contribution in [0.3, 0.4) is 0 Å². The number of unbranched alkanes of at least 4 members (excludes halogenated alkanes) is 13. The van der Waals surface area contributed by atoms with E-state index in [1.54, 1.807) is 0 Å². The zero-order chi connectivity index (χ0) is 17.7. The van der Waals surface area contributed by atoms with Gasteiger partial charge in [-0.1, -0.05) is 103 Å². The molecule has 0 aromatic carbocycles. The van der Waals surface area contributed by atoms with Crippen LogP contribution in [0.4, 0.5) is 0 Å². The second-order valence-electron chi connectivity index (χ2n) is 6.85. The van der Waals surface area contributed by atoms with E-state index in [0.29, 0.717) is 6.42 Å². The minimum absolute atomic E-state index is 0.160. The van der Waals surface area contributed by atoms with Crippen molar-refractivity contribution in [3.63, 3.8) is 0 Å². The van der Waals surface area contributed by atoms with Crippen molar-refractivity contribution in [1.29, 1.82) is 0 Å². The highest BCUT2D eigenvalue weighted by molar-refractivity contribution is 5.68. The molecule has 0 unspecified atom stereocenters. The van der Waals surface area contributed by atoms with E-state index in [2.05, 4.69) is 24.9 Å². The van der Waals surface area contributed by atoms with E-state index in [0.717, 1.165) is 25.8 Å². The molecule has 144 valence electrons. The molecule has 4 nitrogen and oxygen atoms in total. The largest absolute Gasteiger partial charge is 0.356 e. The molecule has 0 atom stereocenters. The van der Waals surface area contributed by atoms with Crippen LogP contribution >= 0.6 is 0 Å². The second-order valence-corrected chi connectivity index (χ2v) is 6.85. The minimum Gasteiger partial charge on any atom is -0.356 e. The van der Waals surface area contributed by atoms with Gasteiger partial charge >= 0.3 is 5.97 Å². The molecule has 0 aromatic heterocycles. The SMILES string of the molecule is CCCCCCCCCCNNOC(=O)CCCCCCCCC. The summed E-state index contributed by atoms with van der Waals surface area (Å²) >= 11 is 0. The Kier molecular flexibility index (Phi) is 19.9. The van der Waals surface area contributed by atoms with Crippen molar-refractivity contribution < 1.29 is 9.63 Å². The first kappa shape index (κ1) is 23.4. The predicted octanol–water partition coefficient (Wildman–Crippen LogP) is 5.82. The number of hydrogen-bond donors (Lipinski definition) is 2. The first-order valence-corrected chi connectivity index (χ1v) is 10.5. The lowest BCUT2D eigenvalue weighted by Crippen LogP contribution is -2.34. The van der Waals surface area contributed by atoms with Gasteiger partial charge in [-0.2, -0.15) is 0 Å². The highest BCUT2D eigenvalue weighted by Crippen LogP contribution is 2.09. The molecule has 0 aliphatic carbocycles. The van der Waals surface area contributed by atoms with Crippen LogP contribution in [0.2, 0.25) is 0 Å². The van der Waals surface area contributed by atoms with Gasteiger partial charge in [0.05, 0.1) is 0 Å². The lowest BCUT2D eigenvalue weighted by atomic mass is 10.1.